The first kappa shape index (κ1) is 25.1. The van der Waals surface area contributed by atoms with Crippen molar-refractivity contribution >= 4 is 28.6 Å². The Kier molecular flexibility index (Phi) is 7.18. The molecule has 0 saturated carbocycles. The number of rotatable bonds is 7. The molecule has 0 amide bonds. The number of carbonyl (C=O) groups is 1. The quantitative estimate of drug-likeness (QED) is 0.367. The van der Waals surface area contributed by atoms with Gasteiger partial charge in [-0.05, 0) is 55.4 Å². The number of carboxylic acid groups (broad SMARTS) is 1. The molecule has 0 radical (unpaired) electrons. The number of anilines is 2. The summed E-state index contributed by atoms with van der Waals surface area (Å²) >= 11 is 0. The number of nitrogens with one attached hydrogen (secondary N) is 1. The van der Waals surface area contributed by atoms with Gasteiger partial charge in [-0.3, -0.25) is 4.79 Å². The number of fused-ring (bicyclic) bond motifs is 1. The second-order valence-corrected chi connectivity index (χ2v) is 9.39. The van der Waals surface area contributed by atoms with Gasteiger partial charge in [0.1, 0.15) is 5.56 Å². The largest absolute Gasteiger partial charge is 0.477 e. The van der Waals surface area contributed by atoms with Crippen LogP contribution in [-0.4, -0.2) is 75.2 Å². The fourth-order valence-electron chi connectivity index (χ4n) is 4.48. The van der Waals surface area contributed by atoms with Crippen molar-refractivity contribution in [2.75, 3.05) is 45.1 Å². The molecule has 4 aromatic rings. The van der Waals surface area contributed by atoms with Crippen LogP contribution in [0, 0.1) is 12.3 Å². The number of piperazine rings is 1. The summed E-state index contributed by atoms with van der Waals surface area (Å²) in [5.74, 6) is 1.53. The first-order chi connectivity index (χ1) is 18.4. The average molecular weight is 509 g/mol. The van der Waals surface area contributed by atoms with Gasteiger partial charge in [-0.15, -0.1) is 6.42 Å². The minimum atomic E-state index is -1.32. The third-order valence-corrected chi connectivity index (χ3v) is 6.81. The summed E-state index contributed by atoms with van der Waals surface area (Å²) in [6, 6.07) is 15.1. The van der Waals surface area contributed by atoms with Crippen LogP contribution in [-0.2, 0) is 6.42 Å². The van der Waals surface area contributed by atoms with Crippen LogP contribution < -0.4 is 10.7 Å². The summed E-state index contributed by atoms with van der Waals surface area (Å²) in [7, 11) is 2.16. The van der Waals surface area contributed by atoms with E-state index >= 15 is 0 Å². The van der Waals surface area contributed by atoms with E-state index in [-0.39, 0.29) is 16.6 Å². The molecule has 9 nitrogen and oxygen atoms in total. The molecule has 1 fully saturated rings. The van der Waals surface area contributed by atoms with Gasteiger partial charge in [-0.1, -0.05) is 18.1 Å². The van der Waals surface area contributed by atoms with E-state index in [4.69, 9.17) is 6.42 Å². The van der Waals surface area contributed by atoms with Crippen molar-refractivity contribution in [3.63, 3.8) is 0 Å². The van der Waals surface area contributed by atoms with E-state index in [9.17, 15) is 14.7 Å². The van der Waals surface area contributed by atoms with Crippen LogP contribution in [0.25, 0.3) is 16.7 Å². The first-order valence-electron chi connectivity index (χ1n) is 12.4. The zero-order chi connectivity index (χ0) is 26.6. The number of carboxylic acids is 1. The van der Waals surface area contributed by atoms with Crippen LogP contribution in [0.4, 0.5) is 11.6 Å². The highest BCUT2D eigenvalue weighted by atomic mass is 16.4. The molecule has 1 aliphatic heterocycles. The number of terminal acetylenes is 1. The monoisotopic (exact) mass is 508 g/mol. The highest BCUT2D eigenvalue weighted by Crippen LogP contribution is 2.20. The smallest absolute Gasteiger partial charge is 0.341 e. The Morgan fingerprint density at radius 2 is 1.79 bits per heavy atom. The fourth-order valence-corrected chi connectivity index (χ4v) is 4.48. The number of nitrogens with zero attached hydrogens (tertiary/aromatic N) is 5. The topological polar surface area (TPSA) is 104 Å². The van der Waals surface area contributed by atoms with Crippen molar-refractivity contribution in [3.05, 3.63) is 87.8 Å². The SMILES string of the molecule is C#Cc1ccc(-n2cc(C(=O)O)c(=O)c3cnc(Nc4ccc(CCN5CCN(C)CC5)cc4)nc32)cc1. The molecule has 2 aromatic carbocycles. The first-order valence-corrected chi connectivity index (χ1v) is 12.4. The molecule has 0 spiro atoms. The third kappa shape index (κ3) is 5.42. The van der Waals surface area contributed by atoms with Crippen LogP contribution >= 0.6 is 0 Å². The van der Waals surface area contributed by atoms with Gasteiger partial charge in [0.2, 0.25) is 11.4 Å². The maximum atomic E-state index is 12.8. The van der Waals surface area contributed by atoms with Crippen molar-refractivity contribution in [2.45, 2.75) is 6.42 Å². The Morgan fingerprint density at radius 1 is 1.08 bits per heavy atom. The minimum Gasteiger partial charge on any atom is -0.477 e. The molecule has 192 valence electrons. The average Bonchev–Trinajstić information content (AvgIpc) is 2.94. The van der Waals surface area contributed by atoms with E-state index < -0.39 is 11.4 Å². The highest BCUT2D eigenvalue weighted by molar-refractivity contribution is 5.92. The molecular weight excluding hydrogens is 480 g/mol. The van der Waals surface area contributed by atoms with E-state index in [0.29, 0.717) is 17.2 Å². The van der Waals surface area contributed by atoms with Gasteiger partial charge >= 0.3 is 5.97 Å². The highest BCUT2D eigenvalue weighted by Gasteiger charge is 2.18. The number of pyridine rings is 1. The molecule has 5 rings (SSSR count). The normalized spacial score (nSPS) is 14.3. The van der Waals surface area contributed by atoms with Gasteiger partial charge in [0.15, 0.2) is 5.65 Å². The van der Waals surface area contributed by atoms with Crippen molar-refractivity contribution in [1.82, 2.24) is 24.3 Å². The van der Waals surface area contributed by atoms with Crippen LogP contribution in [0.1, 0.15) is 21.5 Å². The molecule has 0 aliphatic carbocycles. The Labute approximate surface area is 220 Å². The van der Waals surface area contributed by atoms with Crippen molar-refractivity contribution in [1.29, 1.82) is 0 Å². The molecule has 0 atom stereocenters. The lowest BCUT2D eigenvalue weighted by molar-refractivity contribution is 0.0695. The molecule has 0 unspecified atom stereocenters. The third-order valence-electron chi connectivity index (χ3n) is 6.81. The summed E-state index contributed by atoms with van der Waals surface area (Å²) in [4.78, 5) is 38.3. The zero-order valence-electron chi connectivity index (χ0n) is 21.1. The summed E-state index contributed by atoms with van der Waals surface area (Å²) < 4.78 is 1.56. The number of aromatic carboxylic acids is 1. The molecule has 0 bridgehead atoms. The van der Waals surface area contributed by atoms with E-state index in [1.807, 2.05) is 12.1 Å². The number of hydrogen-bond donors (Lipinski definition) is 2. The standard InChI is InChI=1S/C29H28N6O3/c1-3-20-6-10-23(11-7-20)35-19-25(28(37)38)26(36)24-18-30-29(32-27(24)35)31-22-8-4-21(5-9-22)12-13-34-16-14-33(2)15-17-34/h1,4-11,18-19H,12-17H2,2H3,(H,37,38)(H,30,31,32). The fraction of sp³-hybridized carbons (Fsp3) is 0.241. The van der Waals surface area contributed by atoms with Gasteiger partial charge in [0, 0.05) is 62.1 Å². The molecule has 1 saturated heterocycles. The van der Waals surface area contributed by atoms with Gasteiger partial charge in [-0.25, -0.2) is 9.78 Å². The van der Waals surface area contributed by atoms with Gasteiger partial charge in [0.25, 0.3) is 0 Å². The second-order valence-electron chi connectivity index (χ2n) is 9.39. The van der Waals surface area contributed by atoms with Crippen molar-refractivity contribution < 1.29 is 9.90 Å². The molecule has 2 aromatic heterocycles. The van der Waals surface area contributed by atoms with Crippen LogP contribution in [0.5, 0.6) is 0 Å². The maximum absolute atomic E-state index is 12.8. The van der Waals surface area contributed by atoms with Crippen LogP contribution in [0.3, 0.4) is 0 Å². The lowest BCUT2D eigenvalue weighted by atomic mass is 10.1. The van der Waals surface area contributed by atoms with Gasteiger partial charge in [0.05, 0.1) is 5.39 Å². The lowest BCUT2D eigenvalue weighted by Crippen LogP contribution is -2.45. The zero-order valence-corrected chi connectivity index (χ0v) is 21.1. The number of aromatic nitrogens is 3. The van der Waals surface area contributed by atoms with Crippen LogP contribution in [0.2, 0.25) is 0 Å². The number of likely N-dealkylation sites (N-methyl/N-ethyl adjacent to an activating group) is 1. The summed E-state index contributed by atoms with van der Waals surface area (Å²) in [5.41, 5.74) is 2.64. The molecule has 1 aliphatic rings. The van der Waals surface area contributed by atoms with Crippen molar-refractivity contribution in [2.24, 2.45) is 0 Å². The maximum Gasteiger partial charge on any atom is 0.341 e. The molecule has 38 heavy (non-hydrogen) atoms. The van der Waals surface area contributed by atoms with Gasteiger partial charge in [-0.2, -0.15) is 4.98 Å². The van der Waals surface area contributed by atoms with Gasteiger partial charge < -0.3 is 24.8 Å². The summed E-state index contributed by atoms with van der Waals surface area (Å²) in [6.45, 7) is 5.45. The summed E-state index contributed by atoms with van der Waals surface area (Å²) in [5, 5.41) is 12.9. The summed E-state index contributed by atoms with van der Waals surface area (Å²) in [6.07, 6.45) is 9.08. The molecule has 9 heteroatoms. The number of benzene rings is 2. The van der Waals surface area contributed by atoms with Crippen LogP contribution in [0.15, 0.2) is 65.7 Å². The predicted octanol–water partition coefficient (Wildman–Crippen LogP) is 2.99. The Bertz CT molecular complexity index is 1560. The number of hydrogen-bond acceptors (Lipinski definition) is 7. The Morgan fingerprint density at radius 3 is 2.45 bits per heavy atom. The van der Waals surface area contributed by atoms with E-state index in [2.05, 4.69) is 50.2 Å². The predicted molar refractivity (Wildman–Crippen MR) is 147 cm³/mol. The second kappa shape index (κ2) is 10.8. The minimum absolute atomic E-state index is 0.107. The van der Waals surface area contributed by atoms with Crippen molar-refractivity contribution in [3.8, 4) is 18.0 Å². The lowest BCUT2D eigenvalue weighted by Gasteiger charge is -2.32. The Balaban J connectivity index is 1.39. The van der Waals surface area contributed by atoms with E-state index in [1.165, 1.54) is 18.0 Å². The van der Waals surface area contributed by atoms with E-state index in [1.54, 1.807) is 28.8 Å². The molecular formula is C29H28N6O3. The Hall–Kier alpha value is -4.52. The van der Waals surface area contributed by atoms with E-state index in [0.717, 1.165) is 44.8 Å². The molecule has 2 N–H and O–H groups in total. The molecule has 3 heterocycles.